The van der Waals surface area contributed by atoms with Crippen molar-refractivity contribution in [1.82, 2.24) is 5.32 Å². The van der Waals surface area contributed by atoms with Gasteiger partial charge in [-0.15, -0.1) is 0 Å². The standard InChI is InChI=1S/C10H9BrFN/c1-13-6-2-3-8-4-5-10(12)9(11)7-8/h4-5,7,13H,6H2,1H3. The molecule has 0 aliphatic heterocycles. The quantitative estimate of drug-likeness (QED) is 0.744. The second-order valence-electron chi connectivity index (χ2n) is 2.46. The fraction of sp³-hybridized carbons (Fsp3) is 0.200. The molecule has 0 aliphatic rings. The predicted octanol–water partition coefficient (Wildman–Crippen LogP) is 2.16. The Morgan fingerprint density at radius 3 is 2.92 bits per heavy atom. The third-order valence-electron chi connectivity index (χ3n) is 1.42. The van der Waals surface area contributed by atoms with Crippen molar-refractivity contribution < 1.29 is 4.39 Å². The molecule has 1 aromatic rings. The fourth-order valence-electron chi connectivity index (χ4n) is 0.809. The lowest BCUT2D eigenvalue weighted by molar-refractivity contribution is 0.621. The molecule has 3 heteroatoms. The van der Waals surface area contributed by atoms with Gasteiger partial charge in [-0.1, -0.05) is 11.8 Å². The SMILES string of the molecule is CNCC#Cc1ccc(F)c(Br)c1. The predicted molar refractivity (Wildman–Crippen MR) is 54.9 cm³/mol. The van der Waals surface area contributed by atoms with E-state index in [-0.39, 0.29) is 5.82 Å². The zero-order valence-electron chi connectivity index (χ0n) is 7.20. The van der Waals surface area contributed by atoms with Crippen molar-refractivity contribution in [2.45, 2.75) is 0 Å². The summed E-state index contributed by atoms with van der Waals surface area (Å²) in [5.74, 6) is 5.53. The van der Waals surface area contributed by atoms with E-state index < -0.39 is 0 Å². The number of benzene rings is 1. The van der Waals surface area contributed by atoms with Crippen LogP contribution in [0, 0.1) is 17.7 Å². The second kappa shape index (κ2) is 5.00. The van der Waals surface area contributed by atoms with Crippen LogP contribution in [0.3, 0.4) is 0 Å². The first-order valence-electron chi connectivity index (χ1n) is 3.82. The van der Waals surface area contributed by atoms with Gasteiger partial charge in [-0.25, -0.2) is 4.39 Å². The molecule has 0 amide bonds. The highest BCUT2D eigenvalue weighted by atomic mass is 79.9. The summed E-state index contributed by atoms with van der Waals surface area (Å²) in [5, 5.41) is 2.90. The smallest absolute Gasteiger partial charge is 0.137 e. The average molecular weight is 242 g/mol. The summed E-state index contributed by atoms with van der Waals surface area (Å²) in [6.07, 6.45) is 0. The van der Waals surface area contributed by atoms with Crippen LogP contribution in [0.2, 0.25) is 0 Å². The third-order valence-corrected chi connectivity index (χ3v) is 2.03. The van der Waals surface area contributed by atoms with E-state index in [1.807, 2.05) is 7.05 Å². The summed E-state index contributed by atoms with van der Waals surface area (Å²) in [5.41, 5.74) is 0.809. The second-order valence-corrected chi connectivity index (χ2v) is 3.32. The Morgan fingerprint density at radius 1 is 1.54 bits per heavy atom. The van der Waals surface area contributed by atoms with E-state index in [4.69, 9.17) is 0 Å². The van der Waals surface area contributed by atoms with Gasteiger partial charge in [0, 0.05) is 5.56 Å². The molecule has 0 spiro atoms. The minimum Gasteiger partial charge on any atom is -0.309 e. The Hall–Kier alpha value is -0.850. The number of nitrogens with one attached hydrogen (secondary N) is 1. The van der Waals surface area contributed by atoms with Gasteiger partial charge in [0.05, 0.1) is 11.0 Å². The monoisotopic (exact) mass is 241 g/mol. The van der Waals surface area contributed by atoms with Crippen LogP contribution in [0.1, 0.15) is 5.56 Å². The molecule has 13 heavy (non-hydrogen) atoms. The summed E-state index contributed by atoms with van der Waals surface area (Å²) in [4.78, 5) is 0. The highest BCUT2D eigenvalue weighted by molar-refractivity contribution is 9.10. The molecule has 0 heterocycles. The summed E-state index contributed by atoms with van der Waals surface area (Å²) in [6, 6.07) is 4.72. The Balaban J connectivity index is 2.81. The lowest BCUT2D eigenvalue weighted by Crippen LogP contribution is -2.04. The highest BCUT2D eigenvalue weighted by Crippen LogP contribution is 2.15. The van der Waals surface area contributed by atoms with Crippen LogP contribution in [0.15, 0.2) is 22.7 Å². The molecule has 1 aromatic carbocycles. The first kappa shape index (κ1) is 10.2. The van der Waals surface area contributed by atoms with E-state index in [0.29, 0.717) is 11.0 Å². The van der Waals surface area contributed by atoms with Crippen molar-refractivity contribution in [2.24, 2.45) is 0 Å². The molecule has 0 atom stereocenters. The largest absolute Gasteiger partial charge is 0.309 e. The maximum absolute atomic E-state index is 12.8. The molecular weight excluding hydrogens is 233 g/mol. The van der Waals surface area contributed by atoms with Crippen molar-refractivity contribution in [3.8, 4) is 11.8 Å². The molecule has 0 bridgehead atoms. The molecule has 0 fully saturated rings. The third kappa shape index (κ3) is 3.17. The van der Waals surface area contributed by atoms with Crippen LogP contribution < -0.4 is 5.32 Å². The average Bonchev–Trinajstić information content (AvgIpc) is 2.12. The number of halogens is 2. The van der Waals surface area contributed by atoms with Crippen molar-refractivity contribution in [1.29, 1.82) is 0 Å². The molecule has 1 N–H and O–H groups in total. The molecule has 0 unspecified atom stereocenters. The topological polar surface area (TPSA) is 12.0 Å². The lowest BCUT2D eigenvalue weighted by Gasteiger charge is -1.94. The van der Waals surface area contributed by atoms with Crippen LogP contribution in [-0.4, -0.2) is 13.6 Å². The molecular formula is C10H9BrFN. The van der Waals surface area contributed by atoms with E-state index >= 15 is 0 Å². The van der Waals surface area contributed by atoms with Gasteiger partial charge in [0.1, 0.15) is 5.82 Å². The lowest BCUT2D eigenvalue weighted by atomic mass is 10.2. The van der Waals surface area contributed by atoms with E-state index in [2.05, 4.69) is 33.1 Å². The Bertz CT molecular complexity index is 352. The van der Waals surface area contributed by atoms with Gasteiger partial charge in [0.15, 0.2) is 0 Å². The van der Waals surface area contributed by atoms with Crippen molar-refractivity contribution in [3.63, 3.8) is 0 Å². The molecule has 1 nitrogen and oxygen atoms in total. The summed E-state index contributed by atoms with van der Waals surface area (Å²) < 4.78 is 13.2. The normalized spacial score (nSPS) is 9.15. The molecule has 0 saturated carbocycles. The summed E-state index contributed by atoms with van der Waals surface area (Å²) in [6.45, 7) is 0.634. The van der Waals surface area contributed by atoms with E-state index in [1.165, 1.54) is 6.07 Å². The summed E-state index contributed by atoms with van der Waals surface area (Å²) >= 11 is 3.10. The van der Waals surface area contributed by atoms with Crippen LogP contribution in [0.5, 0.6) is 0 Å². The van der Waals surface area contributed by atoms with E-state index in [0.717, 1.165) is 5.56 Å². The van der Waals surface area contributed by atoms with Crippen LogP contribution in [0.25, 0.3) is 0 Å². The van der Waals surface area contributed by atoms with Gasteiger partial charge < -0.3 is 5.32 Å². The van der Waals surface area contributed by atoms with Crippen molar-refractivity contribution in [2.75, 3.05) is 13.6 Å². The Labute approximate surface area is 85.5 Å². The first-order chi connectivity index (χ1) is 6.24. The molecule has 1 rings (SSSR count). The minimum atomic E-state index is -0.265. The van der Waals surface area contributed by atoms with Gasteiger partial charge in [-0.05, 0) is 41.2 Å². The van der Waals surface area contributed by atoms with Gasteiger partial charge in [-0.3, -0.25) is 0 Å². The zero-order chi connectivity index (χ0) is 9.68. The molecule has 0 aliphatic carbocycles. The van der Waals surface area contributed by atoms with Gasteiger partial charge in [-0.2, -0.15) is 0 Å². The van der Waals surface area contributed by atoms with Gasteiger partial charge >= 0.3 is 0 Å². The van der Waals surface area contributed by atoms with Gasteiger partial charge in [0.25, 0.3) is 0 Å². The van der Waals surface area contributed by atoms with Gasteiger partial charge in [0.2, 0.25) is 0 Å². The number of hydrogen-bond acceptors (Lipinski definition) is 1. The van der Waals surface area contributed by atoms with E-state index in [1.54, 1.807) is 12.1 Å². The van der Waals surface area contributed by atoms with Crippen LogP contribution >= 0.6 is 15.9 Å². The zero-order valence-corrected chi connectivity index (χ0v) is 8.78. The van der Waals surface area contributed by atoms with Crippen LogP contribution in [-0.2, 0) is 0 Å². The van der Waals surface area contributed by atoms with Crippen molar-refractivity contribution in [3.05, 3.63) is 34.1 Å². The fourth-order valence-corrected chi connectivity index (χ4v) is 1.19. The number of rotatable bonds is 1. The molecule has 68 valence electrons. The highest BCUT2D eigenvalue weighted by Gasteiger charge is 1.97. The summed E-state index contributed by atoms with van der Waals surface area (Å²) in [7, 11) is 1.83. The maximum Gasteiger partial charge on any atom is 0.137 e. The molecule has 0 saturated heterocycles. The van der Waals surface area contributed by atoms with E-state index in [9.17, 15) is 4.39 Å². The molecule has 0 radical (unpaired) electrons. The minimum absolute atomic E-state index is 0.265. The molecule has 0 aromatic heterocycles. The first-order valence-corrected chi connectivity index (χ1v) is 4.62. The van der Waals surface area contributed by atoms with Crippen molar-refractivity contribution >= 4 is 15.9 Å². The Kier molecular flexibility index (Phi) is 3.94. The van der Waals surface area contributed by atoms with Crippen LogP contribution in [0.4, 0.5) is 4.39 Å². The Morgan fingerprint density at radius 2 is 2.31 bits per heavy atom. The number of hydrogen-bond donors (Lipinski definition) is 1. The maximum atomic E-state index is 12.8.